The van der Waals surface area contributed by atoms with E-state index in [0.29, 0.717) is 4.13 Å². The first kappa shape index (κ1) is 37.4. The summed E-state index contributed by atoms with van der Waals surface area (Å²) in [7, 11) is -15.3. The van der Waals surface area contributed by atoms with Crippen LogP contribution in [0.3, 0.4) is 0 Å². The van der Waals surface area contributed by atoms with Crippen molar-refractivity contribution in [1.29, 1.82) is 0 Å². The topological polar surface area (TPSA) is 82.4 Å². The van der Waals surface area contributed by atoms with E-state index in [2.05, 4.69) is 106 Å². The minimum Gasteiger partial charge on any atom is -0.425 e. The molecule has 0 saturated heterocycles. The normalized spacial score (nSPS) is 13.8. The molecule has 44 heavy (non-hydrogen) atoms. The Morgan fingerprint density at radius 2 is 0.795 bits per heavy atom. The predicted octanol–water partition coefficient (Wildman–Crippen LogP) is 8.41. The lowest BCUT2D eigenvalue weighted by molar-refractivity contribution is -0.241. The summed E-state index contributed by atoms with van der Waals surface area (Å²) in [5.41, 5.74) is 1.57. The van der Waals surface area contributed by atoms with Gasteiger partial charge in [0.2, 0.25) is 0 Å². The van der Waals surface area contributed by atoms with Crippen molar-refractivity contribution in [2.45, 2.75) is 63.7 Å². The number of sulfonamides is 2. The highest BCUT2D eigenvalue weighted by atomic mass is 32.3. The molecule has 0 saturated carbocycles. The molecular formula is C26H23F10NO4S3. The van der Waals surface area contributed by atoms with Crippen LogP contribution in [-0.4, -0.2) is 39.7 Å². The minimum absolute atomic E-state index is 0.0497. The average molecular weight is 700 g/mol. The molecule has 0 aliphatic carbocycles. The Morgan fingerprint density at radius 3 is 1.07 bits per heavy atom. The lowest BCUT2D eigenvalue weighted by Crippen LogP contribution is -2.48. The second-order valence-corrected chi connectivity index (χ2v) is 15.3. The van der Waals surface area contributed by atoms with Crippen molar-refractivity contribution in [3.63, 3.8) is 0 Å². The summed E-state index contributed by atoms with van der Waals surface area (Å²) in [5.74, 6) is 0. The maximum Gasteiger partial charge on any atom is 0.467 e. The molecule has 0 N–H and O–H groups in total. The van der Waals surface area contributed by atoms with E-state index in [9.17, 15) is 60.7 Å². The van der Waals surface area contributed by atoms with Gasteiger partial charge in [0.05, 0.1) is 10.9 Å². The van der Waals surface area contributed by atoms with Crippen molar-refractivity contribution < 1.29 is 60.7 Å². The lowest BCUT2D eigenvalue weighted by atomic mass is 9.87. The molecule has 0 aliphatic rings. The summed E-state index contributed by atoms with van der Waals surface area (Å²) < 4.78 is 161. The van der Waals surface area contributed by atoms with Crippen molar-refractivity contribution in [3.05, 3.63) is 94.6 Å². The molecule has 0 unspecified atom stereocenters. The first-order valence-electron chi connectivity index (χ1n) is 11.8. The van der Waals surface area contributed by atoms with Crippen LogP contribution in [0.2, 0.25) is 0 Å². The van der Waals surface area contributed by atoms with Crippen LogP contribution >= 0.6 is 0 Å². The Labute approximate surface area is 249 Å². The number of benzene rings is 3. The fraction of sp³-hybridized carbons (Fsp3) is 0.308. The van der Waals surface area contributed by atoms with Crippen molar-refractivity contribution in [3.8, 4) is 0 Å². The van der Waals surface area contributed by atoms with Crippen molar-refractivity contribution >= 4 is 30.9 Å². The van der Waals surface area contributed by atoms with E-state index in [4.69, 9.17) is 0 Å². The summed E-state index contributed by atoms with van der Waals surface area (Å²) in [4.78, 5) is 4.10. The predicted molar refractivity (Wildman–Crippen MR) is 143 cm³/mol. The molecule has 0 aromatic heterocycles. The molecule has 244 valence electrons. The zero-order valence-corrected chi connectivity index (χ0v) is 25.1. The number of hydrogen-bond donors (Lipinski definition) is 0. The summed E-state index contributed by atoms with van der Waals surface area (Å²) in [6.07, 6.45) is -14.0. The van der Waals surface area contributed by atoms with Crippen LogP contribution in [0.25, 0.3) is 4.13 Å². The van der Waals surface area contributed by atoms with Gasteiger partial charge in [-0.1, -0.05) is 69.3 Å². The van der Waals surface area contributed by atoms with Crippen molar-refractivity contribution in [2.24, 2.45) is 0 Å². The van der Waals surface area contributed by atoms with Crippen LogP contribution in [0.4, 0.5) is 43.9 Å². The van der Waals surface area contributed by atoms with Gasteiger partial charge in [0.25, 0.3) is 0 Å². The molecule has 5 nitrogen and oxygen atoms in total. The zero-order valence-electron chi connectivity index (χ0n) is 22.7. The van der Waals surface area contributed by atoms with Crippen LogP contribution < -0.4 is 0 Å². The summed E-state index contributed by atoms with van der Waals surface area (Å²) in [5, 5.41) is -14.0. The Bertz CT molecular complexity index is 1510. The Balaban J connectivity index is 0.000000309. The highest BCUT2D eigenvalue weighted by molar-refractivity contribution is 8.13. The smallest absolute Gasteiger partial charge is 0.425 e. The molecule has 0 radical (unpaired) electrons. The van der Waals surface area contributed by atoms with Gasteiger partial charge >= 0.3 is 22.9 Å². The maximum absolute atomic E-state index is 12.3. The van der Waals surface area contributed by atoms with E-state index in [0.717, 1.165) is 0 Å². The highest BCUT2D eigenvalue weighted by Crippen LogP contribution is 2.48. The third-order valence-electron chi connectivity index (χ3n) is 5.42. The zero-order chi connectivity index (χ0) is 34.0. The van der Waals surface area contributed by atoms with Gasteiger partial charge < -0.3 is 4.13 Å². The molecule has 0 aliphatic heterocycles. The molecule has 0 fully saturated rings. The third-order valence-corrected chi connectivity index (χ3v) is 11.0. The molecule has 0 amide bonds. The van der Waals surface area contributed by atoms with Crippen LogP contribution in [0.1, 0.15) is 26.3 Å². The minimum atomic E-state index is -7.62. The fourth-order valence-electron chi connectivity index (χ4n) is 3.13. The average Bonchev–Trinajstić information content (AvgIpc) is 2.88. The first-order valence-corrected chi connectivity index (χ1v) is 15.9. The number of hydrogen-bond acceptors (Lipinski definition) is 4. The van der Waals surface area contributed by atoms with Crippen molar-refractivity contribution in [2.75, 3.05) is 0 Å². The molecule has 0 heterocycles. The quantitative estimate of drug-likeness (QED) is 0.183. The van der Waals surface area contributed by atoms with E-state index in [1.807, 2.05) is 0 Å². The summed E-state index contributed by atoms with van der Waals surface area (Å²) in [6.45, 7) is 6.78. The van der Waals surface area contributed by atoms with Gasteiger partial charge in [-0.3, -0.25) is 0 Å². The molecule has 0 spiro atoms. The van der Waals surface area contributed by atoms with Gasteiger partial charge in [-0.05, 0) is 47.4 Å². The second-order valence-electron chi connectivity index (χ2n) is 9.76. The number of halogens is 10. The SMILES string of the molecule is CC(C)(C)c1ccc([S+](c2ccccc2)c2ccccc2)cc1.O=S(=O)([N-]S(=O)(=O)C(F)(F)C(F)(F)F)C(F)(F)C(F)(F)F. The van der Waals surface area contributed by atoms with Gasteiger partial charge in [-0.15, -0.1) is 0 Å². The Hall–Kier alpha value is -2.83. The molecule has 3 rings (SSSR count). The molecular weight excluding hydrogens is 676 g/mol. The fourth-order valence-corrected chi connectivity index (χ4v) is 7.58. The van der Waals surface area contributed by atoms with Crippen LogP contribution in [0, 0.1) is 0 Å². The van der Waals surface area contributed by atoms with Gasteiger partial charge in [0.1, 0.15) is 0 Å². The molecule has 3 aromatic rings. The van der Waals surface area contributed by atoms with Gasteiger partial charge in [-0.2, -0.15) is 43.9 Å². The summed E-state index contributed by atoms with van der Waals surface area (Å²) in [6, 6.07) is 30.7. The van der Waals surface area contributed by atoms with Gasteiger partial charge in [-0.25, -0.2) is 16.8 Å². The van der Waals surface area contributed by atoms with Gasteiger partial charge in [0.15, 0.2) is 34.7 Å². The first-order chi connectivity index (χ1) is 19.8. The largest absolute Gasteiger partial charge is 0.467 e. The van der Waals surface area contributed by atoms with Crippen LogP contribution in [0.15, 0.2) is 99.6 Å². The monoisotopic (exact) mass is 699 g/mol. The molecule has 18 heteroatoms. The third kappa shape index (κ3) is 8.25. The van der Waals surface area contributed by atoms with E-state index >= 15 is 0 Å². The standard InChI is InChI=1S/C22H23S.C4F10NO4S2/c1-22(2,3)18-14-16-21(17-15-18)23(19-10-6-4-7-11-19)20-12-8-5-9-13-20;5-1(6,7)3(11,12)20(16,17)15-21(18,19)4(13,14)2(8,9)10/h4-17H,1-3H3;/q+1;-1. The number of nitrogens with zero attached hydrogens (tertiary/aromatic N) is 1. The van der Waals surface area contributed by atoms with E-state index < -0.39 is 42.9 Å². The molecule has 0 bridgehead atoms. The van der Waals surface area contributed by atoms with Crippen LogP contribution in [0.5, 0.6) is 0 Å². The summed E-state index contributed by atoms with van der Waals surface area (Å²) >= 11 is 0. The number of alkyl halides is 10. The Morgan fingerprint density at radius 1 is 0.500 bits per heavy atom. The second kappa shape index (κ2) is 12.9. The number of rotatable bonds is 7. The maximum atomic E-state index is 12.3. The Kier molecular flexibility index (Phi) is 10.9. The van der Waals surface area contributed by atoms with E-state index in [1.54, 1.807) is 0 Å². The highest BCUT2D eigenvalue weighted by Gasteiger charge is 2.68. The van der Waals surface area contributed by atoms with E-state index in [1.165, 1.54) is 20.2 Å². The molecule has 0 atom stereocenters. The lowest BCUT2D eigenvalue weighted by Gasteiger charge is -2.31. The van der Waals surface area contributed by atoms with E-state index in [-0.39, 0.29) is 16.3 Å². The van der Waals surface area contributed by atoms with Gasteiger partial charge in [0, 0.05) is 0 Å². The van der Waals surface area contributed by atoms with Crippen LogP contribution in [-0.2, 0) is 36.4 Å². The van der Waals surface area contributed by atoms with Crippen molar-refractivity contribution in [1.82, 2.24) is 0 Å². The molecule has 3 aromatic carbocycles.